The molecule has 0 amide bonds. The molecule has 0 fully saturated rings. The van der Waals surface area contributed by atoms with E-state index in [1.165, 1.54) is 0 Å². The first-order chi connectivity index (χ1) is 9.16. The van der Waals surface area contributed by atoms with Crippen molar-refractivity contribution in [1.82, 2.24) is 9.78 Å². The SMILES string of the molecule is Cc1cc(N)n(C2CCCOc3c(Br)cccc32)n1. The van der Waals surface area contributed by atoms with Crippen LogP contribution in [-0.4, -0.2) is 16.4 Å². The minimum atomic E-state index is 0.142. The molecule has 1 aromatic heterocycles. The quantitative estimate of drug-likeness (QED) is 0.876. The second-order valence-corrected chi connectivity index (χ2v) is 5.67. The van der Waals surface area contributed by atoms with Gasteiger partial charge in [0, 0.05) is 11.6 Å². The number of nitrogen functional groups attached to an aromatic ring is 1. The molecule has 1 unspecified atom stereocenters. The molecule has 2 heterocycles. The monoisotopic (exact) mass is 321 g/mol. The number of aromatic nitrogens is 2. The number of ether oxygens (including phenoxy) is 1. The average Bonchev–Trinajstić information content (AvgIpc) is 2.61. The number of fused-ring (bicyclic) bond motifs is 1. The van der Waals surface area contributed by atoms with Gasteiger partial charge >= 0.3 is 0 Å². The minimum Gasteiger partial charge on any atom is -0.492 e. The fraction of sp³-hybridized carbons (Fsp3) is 0.357. The number of nitrogens with two attached hydrogens (primary N) is 1. The van der Waals surface area contributed by atoms with Crippen LogP contribution in [0.5, 0.6) is 5.75 Å². The summed E-state index contributed by atoms with van der Waals surface area (Å²) in [5.74, 6) is 1.62. The average molecular weight is 322 g/mol. The molecule has 19 heavy (non-hydrogen) atoms. The fourth-order valence-corrected chi connectivity index (χ4v) is 3.08. The highest BCUT2D eigenvalue weighted by atomic mass is 79.9. The molecule has 5 heteroatoms. The van der Waals surface area contributed by atoms with E-state index in [9.17, 15) is 0 Å². The van der Waals surface area contributed by atoms with E-state index in [2.05, 4.69) is 27.1 Å². The van der Waals surface area contributed by atoms with E-state index in [1.54, 1.807) is 0 Å². The molecule has 0 bridgehead atoms. The molecular formula is C14H16BrN3O. The van der Waals surface area contributed by atoms with Crippen molar-refractivity contribution in [2.45, 2.75) is 25.8 Å². The normalized spacial score (nSPS) is 18.5. The number of aryl methyl sites for hydroxylation is 1. The smallest absolute Gasteiger partial charge is 0.138 e. The summed E-state index contributed by atoms with van der Waals surface area (Å²) >= 11 is 3.55. The van der Waals surface area contributed by atoms with Crippen molar-refractivity contribution in [2.75, 3.05) is 12.3 Å². The largest absolute Gasteiger partial charge is 0.492 e. The summed E-state index contributed by atoms with van der Waals surface area (Å²) in [7, 11) is 0. The molecule has 100 valence electrons. The zero-order chi connectivity index (χ0) is 13.4. The van der Waals surface area contributed by atoms with Crippen molar-refractivity contribution in [3.05, 3.63) is 40.0 Å². The Balaban J connectivity index is 2.13. The molecule has 2 N–H and O–H groups in total. The van der Waals surface area contributed by atoms with Crippen LogP contribution in [0.4, 0.5) is 5.82 Å². The van der Waals surface area contributed by atoms with E-state index in [4.69, 9.17) is 10.5 Å². The second kappa shape index (κ2) is 4.89. The van der Waals surface area contributed by atoms with E-state index in [-0.39, 0.29) is 6.04 Å². The summed E-state index contributed by atoms with van der Waals surface area (Å²) in [6.07, 6.45) is 1.97. The van der Waals surface area contributed by atoms with Crippen molar-refractivity contribution in [2.24, 2.45) is 0 Å². The van der Waals surface area contributed by atoms with Crippen LogP contribution in [0.15, 0.2) is 28.7 Å². The van der Waals surface area contributed by atoms with Crippen LogP contribution in [0.2, 0.25) is 0 Å². The Morgan fingerprint density at radius 2 is 2.32 bits per heavy atom. The predicted molar refractivity (Wildman–Crippen MR) is 78.4 cm³/mol. The summed E-state index contributed by atoms with van der Waals surface area (Å²) in [6.45, 7) is 2.69. The van der Waals surface area contributed by atoms with Gasteiger partial charge in [-0.15, -0.1) is 0 Å². The molecule has 1 aromatic carbocycles. The van der Waals surface area contributed by atoms with Crippen LogP contribution in [0.25, 0.3) is 0 Å². The lowest BCUT2D eigenvalue weighted by Gasteiger charge is -2.19. The maximum atomic E-state index is 6.07. The Bertz CT molecular complexity index is 609. The predicted octanol–water partition coefficient (Wildman–Crippen LogP) is 3.30. The topological polar surface area (TPSA) is 53.1 Å². The molecule has 0 radical (unpaired) electrons. The molecular weight excluding hydrogens is 306 g/mol. The van der Waals surface area contributed by atoms with E-state index in [0.717, 1.165) is 40.9 Å². The Morgan fingerprint density at radius 1 is 1.47 bits per heavy atom. The van der Waals surface area contributed by atoms with Gasteiger partial charge in [0.05, 0.1) is 22.8 Å². The van der Waals surface area contributed by atoms with Gasteiger partial charge in [0.15, 0.2) is 0 Å². The van der Waals surface area contributed by atoms with Gasteiger partial charge in [-0.2, -0.15) is 5.10 Å². The molecule has 2 aromatic rings. The third-order valence-corrected chi connectivity index (χ3v) is 4.03. The third kappa shape index (κ3) is 2.23. The lowest BCUT2D eigenvalue weighted by atomic mass is 10.0. The first kappa shape index (κ1) is 12.5. The molecule has 0 aliphatic carbocycles. The number of halogens is 1. The highest BCUT2D eigenvalue weighted by Crippen LogP contribution is 2.39. The third-order valence-electron chi connectivity index (χ3n) is 3.41. The van der Waals surface area contributed by atoms with Gasteiger partial charge in [0.2, 0.25) is 0 Å². The van der Waals surface area contributed by atoms with Gasteiger partial charge in [-0.3, -0.25) is 0 Å². The van der Waals surface area contributed by atoms with E-state index in [0.29, 0.717) is 5.82 Å². The Labute approximate surface area is 120 Å². The molecule has 4 nitrogen and oxygen atoms in total. The number of para-hydroxylation sites is 1. The number of nitrogens with zero attached hydrogens (tertiary/aromatic N) is 2. The summed E-state index contributed by atoms with van der Waals surface area (Å²) in [5, 5.41) is 4.52. The Hall–Kier alpha value is -1.49. The minimum absolute atomic E-state index is 0.142. The highest BCUT2D eigenvalue weighted by Gasteiger charge is 2.24. The molecule has 1 atom stereocenters. The highest BCUT2D eigenvalue weighted by molar-refractivity contribution is 9.10. The van der Waals surface area contributed by atoms with Gasteiger partial charge in [-0.25, -0.2) is 4.68 Å². The van der Waals surface area contributed by atoms with Crippen LogP contribution < -0.4 is 10.5 Å². The summed E-state index contributed by atoms with van der Waals surface area (Å²) < 4.78 is 8.75. The lowest BCUT2D eigenvalue weighted by Crippen LogP contribution is -2.14. The second-order valence-electron chi connectivity index (χ2n) is 4.82. The number of hydrogen-bond acceptors (Lipinski definition) is 3. The van der Waals surface area contributed by atoms with E-state index < -0.39 is 0 Å². The van der Waals surface area contributed by atoms with Crippen molar-refractivity contribution in [3.63, 3.8) is 0 Å². The zero-order valence-electron chi connectivity index (χ0n) is 10.8. The van der Waals surface area contributed by atoms with Gasteiger partial charge in [0.1, 0.15) is 11.6 Å². The zero-order valence-corrected chi connectivity index (χ0v) is 12.4. The van der Waals surface area contributed by atoms with Crippen LogP contribution >= 0.6 is 15.9 Å². The molecule has 1 aliphatic rings. The molecule has 0 spiro atoms. The summed E-state index contributed by atoms with van der Waals surface area (Å²) in [4.78, 5) is 0. The van der Waals surface area contributed by atoms with Crippen molar-refractivity contribution >= 4 is 21.7 Å². The Morgan fingerprint density at radius 3 is 3.05 bits per heavy atom. The Kier molecular flexibility index (Phi) is 3.22. The van der Waals surface area contributed by atoms with Crippen molar-refractivity contribution in [1.29, 1.82) is 0 Å². The number of benzene rings is 1. The van der Waals surface area contributed by atoms with Crippen LogP contribution in [0.1, 0.15) is 30.1 Å². The first-order valence-electron chi connectivity index (χ1n) is 6.39. The van der Waals surface area contributed by atoms with Crippen molar-refractivity contribution in [3.8, 4) is 5.75 Å². The van der Waals surface area contributed by atoms with Crippen LogP contribution in [-0.2, 0) is 0 Å². The van der Waals surface area contributed by atoms with Gasteiger partial charge in [-0.05, 0) is 41.8 Å². The van der Waals surface area contributed by atoms with E-state index in [1.807, 2.05) is 29.8 Å². The first-order valence-corrected chi connectivity index (χ1v) is 7.19. The molecule has 0 saturated carbocycles. The number of anilines is 1. The van der Waals surface area contributed by atoms with Gasteiger partial charge < -0.3 is 10.5 Å². The summed E-state index contributed by atoms with van der Waals surface area (Å²) in [6, 6.07) is 8.16. The van der Waals surface area contributed by atoms with Crippen LogP contribution in [0, 0.1) is 6.92 Å². The number of hydrogen-bond donors (Lipinski definition) is 1. The van der Waals surface area contributed by atoms with E-state index >= 15 is 0 Å². The molecule has 3 rings (SSSR count). The maximum Gasteiger partial charge on any atom is 0.138 e. The molecule has 1 aliphatic heterocycles. The fourth-order valence-electron chi connectivity index (χ4n) is 2.59. The van der Waals surface area contributed by atoms with Gasteiger partial charge in [0.25, 0.3) is 0 Å². The van der Waals surface area contributed by atoms with Gasteiger partial charge in [-0.1, -0.05) is 12.1 Å². The lowest BCUT2D eigenvalue weighted by molar-refractivity contribution is 0.313. The summed E-state index contributed by atoms with van der Waals surface area (Å²) in [5.41, 5.74) is 8.15. The molecule has 0 saturated heterocycles. The van der Waals surface area contributed by atoms with Crippen molar-refractivity contribution < 1.29 is 4.74 Å². The van der Waals surface area contributed by atoms with Crippen LogP contribution in [0.3, 0.4) is 0 Å². The standard InChI is InChI=1S/C14H16BrN3O/c1-9-8-13(16)18(17-9)12-6-3-7-19-14-10(12)4-2-5-11(14)15/h2,4-5,8,12H,3,6-7,16H2,1H3. The number of rotatable bonds is 1. The maximum absolute atomic E-state index is 6.07.